The van der Waals surface area contributed by atoms with E-state index in [4.69, 9.17) is 9.47 Å². The highest BCUT2D eigenvalue weighted by molar-refractivity contribution is 5.94. The highest BCUT2D eigenvalue weighted by Crippen LogP contribution is 2.17. The quantitative estimate of drug-likeness (QED) is 0.887. The number of amides is 1. The highest BCUT2D eigenvalue weighted by atomic mass is 16.5. The van der Waals surface area contributed by atoms with Crippen molar-refractivity contribution in [2.75, 3.05) is 13.2 Å². The van der Waals surface area contributed by atoms with E-state index in [0.717, 1.165) is 25.2 Å². The minimum absolute atomic E-state index is 0.0331. The standard InChI is InChI=1S/C15H21NO3/c1-3-18-13-7-4-6-12(10-13)15(17)16-11(2)14-8-5-9-19-14/h4,6-7,10-11,14H,3,5,8-9H2,1-2H3,(H,16,17)/t11-,14-/m1/s1. The molecule has 2 atom stereocenters. The molecule has 2 rings (SSSR count). The maximum Gasteiger partial charge on any atom is 0.251 e. The summed E-state index contributed by atoms with van der Waals surface area (Å²) in [5.74, 6) is 0.643. The zero-order valence-electron chi connectivity index (χ0n) is 11.5. The van der Waals surface area contributed by atoms with Crippen molar-refractivity contribution in [2.45, 2.75) is 38.8 Å². The summed E-state index contributed by atoms with van der Waals surface area (Å²) < 4.78 is 11.0. The van der Waals surface area contributed by atoms with Crippen molar-refractivity contribution in [3.8, 4) is 5.75 Å². The van der Waals surface area contributed by atoms with Crippen molar-refractivity contribution in [2.24, 2.45) is 0 Å². The van der Waals surface area contributed by atoms with E-state index in [1.807, 2.05) is 26.0 Å². The Hall–Kier alpha value is -1.55. The SMILES string of the molecule is CCOc1cccc(C(=O)N[C@H](C)[C@H]2CCCO2)c1. The van der Waals surface area contributed by atoms with E-state index in [0.29, 0.717) is 12.2 Å². The van der Waals surface area contributed by atoms with Gasteiger partial charge in [-0.25, -0.2) is 0 Å². The van der Waals surface area contributed by atoms with Crippen LogP contribution in [0.2, 0.25) is 0 Å². The summed E-state index contributed by atoms with van der Waals surface area (Å²) in [7, 11) is 0. The average Bonchev–Trinajstić information content (AvgIpc) is 2.93. The molecule has 1 amide bonds. The maximum absolute atomic E-state index is 12.1. The van der Waals surface area contributed by atoms with E-state index >= 15 is 0 Å². The summed E-state index contributed by atoms with van der Waals surface area (Å²) in [6.07, 6.45) is 2.23. The first-order valence-corrected chi connectivity index (χ1v) is 6.86. The molecule has 0 radical (unpaired) electrons. The van der Waals surface area contributed by atoms with Gasteiger partial charge in [0.2, 0.25) is 0 Å². The van der Waals surface area contributed by atoms with Crippen molar-refractivity contribution in [1.82, 2.24) is 5.32 Å². The van der Waals surface area contributed by atoms with Crippen molar-refractivity contribution in [1.29, 1.82) is 0 Å². The van der Waals surface area contributed by atoms with Gasteiger partial charge in [0.25, 0.3) is 5.91 Å². The molecule has 104 valence electrons. The molecule has 0 aromatic heterocycles. The van der Waals surface area contributed by atoms with Gasteiger partial charge in [-0.2, -0.15) is 0 Å². The monoisotopic (exact) mass is 263 g/mol. The lowest BCUT2D eigenvalue weighted by Gasteiger charge is -2.20. The van der Waals surface area contributed by atoms with Gasteiger partial charge in [-0.15, -0.1) is 0 Å². The number of rotatable bonds is 5. The molecule has 4 heteroatoms. The lowest BCUT2D eigenvalue weighted by atomic mass is 10.1. The molecule has 1 aliphatic heterocycles. The third-order valence-electron chi connectivity index (χ3n) is 3.29. The second-order valence-electron chi connectivity index (χ2n) is 4.77. The first-order valence-electron chi connectivity index (χ1n) is 6.86. The summed E-state index contributed by atoms with van der Waals surface area (Å²) >= 11 is 0. The second-order valence-corrected chi connectivity index (χ2v) is 4.77. The van der Waals surface area contributed by atoms with Gasteiger partial charge in [-0.05, 0) is 44.9 Å². The Kier molecular flexibility index (Phi) is 4.80. The molecule has 0 unspecified atom stereocenters. The van der Waals surface area contributed by atoms with E-state index in [1.165, 1.54) is 0 Å². The first-order chi connectivity index (χ1) is 9.20. The molecular weight excluding hydrogens is 242 g/mol. The highest BCUT2D eigenvalue weighted by Gasteiger charge is 2.23. The molecule has 1 N–H and O–H groups in total. The zero-order chi connectivity index (χ0) is 13.7. The predicted molar refractivity (Wildman–Crippen MR) is 73.5 cm³/mol. The Bertz CT molecular complexity index is 427. The Morgan fingerprint density at radius 2 is 2.42 bits per heavy atom. The molecule has 1 aromatic rings. The number of hydrogen-bond acceptors (Lipinski definition) is 3. The van der Waals surface area contributed by atoms with Crippen molar-refractivity contribution >= 4 is 5.91 Å². The summed E-state index contributed by atoms with van der Waals surface area (Å²) in [6, 6.07) is 7.27. The number of carbonyl (C=O) groups excluding carboxylic acids is 1. The number of nitrogens with one attached hydrogen (secondary N) is 1. The summed E-state index contributed by atoms with van der Waals surface area (Å²) in [5, 5.41) is 2.99. The lowest BCUT2D eigenvalue weighted by Crippen LogP contribution is -2.40. The Morgan fingerprint density at radius 1 is 1.58 bits per heavy atom. The van der Waals surface area contributed by atoms with Crippen molar-refractivity contribution in [3.63, 3.8) is 0 Å². The number of carbonyl (C=O) groups is 1. The molecule has 1 heterocycles. The van der Waals surface area contributed by atoms with Crippen LogP contribution >= 0.6 is 0 Å². The van der Waals surface area contributed by atoms with Gasteiger partial charge in [0.15, 0.2) is 0 Å². The van der Waals surface area contributed by atoms with E-state index in [-0.39, 0.29) is 18.1 Å². The van der Waals surface area contributed by atoms with Gasteiger partial charge < -0.3 is 14.8 Å². The number of hydrogen-bond donors (Lipinski definition) is 1. The molecule has 1 aromatic carbocycles. The van der Waals surface area contributed by atoms with Gasteiger partial charge in [0.1, 0.15) is 5.75 Å². The molecule has 1 saturated heterocycles. The van der Waals surface area contributed by atoms with Crippen LogP contribution in [-0.2, 0) is 4.74 Å². The first kappa shape index (κ1) is 13.9. The lowest BCUT2D eigenvalue weighted by molar-refractivity contribution is 0.0712. The summed E-state index contributed by atoms with van der Waals surface area (Å²) in [5.41, 5.74) is 0.621. The average molecular weight is 263 g/mol. The van der Waals surface area contributed by atoms with Crippen LogP contribution in [0.5, 0.6) is 5.75 Å². The van der Waals surface area contributed by atoms with Gasteiger partial charge in [-0.1, -0.05) is 6.07 Å². The van der Waals surface area contributed by atoms with Crippen LogP contribution in [0, 0.1) is 0 Å². The van der Waals surface area contributed by atoms with E-state index in [1.54, 1.807) is 12.1 Å². The Labute approximate surface area is 114 Å². The largest absolute Gasteiger partial charge is 0.494 e. The molecule has 0 spiro atoms. The van der Waals surface area contributed by atoms with Gasteiger partial charge in [0, 0.05) is 12.2 Å². The molecule has 0 bridgehead atoms. The molecular formula is C15H21NO3. The summed E-state index contributed by atoms with van der Waals surface area (Å²) in [4.78, 5) is 12.1. The fourth-order valence-corrected chi connectivity index (χ4v) is 2.27. The molecule has 1 fully saturated rings. The van der Waals surface area contributed by atoms with Crippen molar-refractivity contribution < 1.29 is 14.3 Å². The third kappa shape index (κ3) is 3.70. The minimum atomic E-state index is -0.0791. The van der Waals surface area contributed by atoms with Crippen LogP contribution in [0.3, 0.4) is 0 Å². The Balaban J connectivity index is 1.96. The van der Waals surface area contributed by atoms with E-state index < -0.39 is 0 Å². The van der Waals surface area contributed by atoms with E-state index in [2.05, 4.69) is 5.32 Å². The van der Waals surface area contributed by atoms with Crippen LogP contribution < -0.4 is 10.1 Å². The fraction of sp³-hybridized carbons (Fsp3) is 0.533. The van der Waals surface area contributed by atoms with Gasteiger partial charge >= 0.3 is 0 Å². The number of ether oxygens (including phenoxy) is 2. The smallest absolute Gasteiger partial charge is 0.251 e. The van der Waals surface area contributed by atoms with E-state index in [9.17, 15) is 4.79 Å². The van der Waals surface area contributed by atoms with Crippen LogP contribution in [0.1, 0.15) is 37.0 Å². The maximum atomic E-state index is 12.1. The fourth-order valence-electron chi connectivity index (χ4n) is 2.27. The molecule has 1 aliphatic rings. The normalized spacial score (nSPS) is 20.0. The van der Waals surface area contributed by atoms with Gasteiger partial charge in [-0.3, -0.25) is 4.79 Å². The van der Waals surface area contributed by atoms with Gasteiger partial charge in [0.05, 0.1) is 18.8 Å². The summed E-state index contributed by atoms with van der Waals surface area (Å²) in [6.45, 7) is 5.30. The second kappa shape index (κ2) is 6.57. The third-order valence-corrected chi connectivity index (χ3v) is 3.29. The minimum Gasteiger partial charge on any atom is -0.494 e. The molecule has 0 aliphatic carbocycles. The molecule has 4 nitrogen and oxygen atoms in total. The van der Waals surface area contributed by atoms with Crippen LogP contribution in [0.4, 0.5) is 0 Å². The molecule has 19 heavy (non-hydrogen) atoms. The van der Waals surface area contributed by atoms with Crippen LogP contribution in [0.15, 0.2) is 24.3 Å². The zero-order valence-corrected chi connectivity index (χ0v) is 11.5. The topological polar surface area (TPSA) is 47.6 Å². The van der Waals surface area contributed by atoms with Crippen LogP contribution in [0.25, 0.3) is 0 Å². The number of benzene rings is 1. The molecule has 0 saturated carbocycles. The van der Waals surface area contributed by atoms with Crippen LogP contribution in [-0.4, -0.2) is 31.3 Å². The predicted octanol–water partition coefficient (Wildman–Crippen LogP) is 2.38. The van der Waals surface area contributed by atoms with Crippen molar-refractivity contribution in [3.05, 3.63) is 29.8 Å². The Morgan fingerprint density at radius 3 is 3.11 bits per heavy atom.